The van der Waals surface area contributed by atoms with Gasteiger partial charge in [0.15, 0.2) is 0 Å². The van der Waals surface area contributed by atoms with Gasteiger partial charge in [0.1, 0.15) is 11.8 Å². The molecular weight excluding hydrogens is 435 g/mol. The van der Waals surface area contributed by atoms with E-state index in [1.807, 2.05) is 32.9 Å². The number of benzene rings is 2. The fourth-order valence-electron chi connectivity index (χ4n) is 2.93. The van der Waals surface area contributed by atoms with E-state index in [0.29, 0.717) is 35.4 Å². The number of carbonyl (C=O) groups is 2. The lowest BCUT2D eigenvalue weighted by Gasteiger charge is -2.31. The van der Waals surface area contributed by atoms with Gasteiger partial charge in [-0.3, -0.25) is 9.59 Å². The topological polar surface area (TPSA) is 58.6 Å². The second kappa shape index (κ2) is 11.4. The molecule has 0 spiro atoms. The summed E-state index contributed by atoms with van der Waals surface area (Å²) in [6.07, 6.45) is 0.806. The Balaban J connectivity index is 2.01. The molecule has 2 amide bonds. The highest BCUT2D eigenvalue weighted by Crippen LogP contribution is 2.17. The molecule has 0 unspecified atom stereocenters. The Morgan fingerprint density at radius 2 is 1.55 bits per heavy atom. The maximum Gasteiger partial charge on any atom is 0.242 e. The predicted octanol–water partition coefficient (Wildman–Crippen LogP) is 5.48. The van der Waals surface area contributed by atoms with E-state index in [-0.39, 0.29) is 23.8 Å². The number of ether oxygens (including phenoxy) is 1. The Labute approximate surface area is 194 Å². The van der Waals surface area contributed by atoms with Crippen LogP contribution in [0, 0.1) is 0 Å². The molecule has 0 aliphatic rings. The van der Waals surface area contributed by atoms with Crippen LogP contribution < -0.4 is 10.1 Å². The Hall–Kier alpha value is -2.24. The number of hydrogen-bond donors (Lipinski definition) is 1. The first kappa shape index (κ1) is 25.0. The molecular formula is C24H30Cl2N2O3. The number of nitrogens with one attached hydrogen (secondary N) is 1. The van der Waals surface area contributed by atoms with Crippen molar-refractivity contribution in [2.75, 3.05) is 6.61 Å². The van der Waals surface area contributed by atoms with E-state index in [1.165, 1.54) is 0 Å². The third-order valence-corrected chi connectivity index (χ3v) is 5.05. The smallest absolute Gasteiger partial charge is 0.242 e. The van der Waals surface area contributed by atoms with Gasteiger partial charge in [0.25, 0.3) is 0 Å². The largest absolute Gasteiger partial charge is 0.494 e. The van der Waals surface area contributed by atoms with Crippen molar-refractivity contribution in [3.63, 3.8) is 0 Å². The number of rotatable bonds is 9. The van der Waals surface area contributed by atoms with Gasteiger partial charge in [-0.05, 0) is 76.1 Å². The highest BCUT2D eigenvalue weighted by atomic mass is 35.5. The molecule has 0 aliphatic carbocycles. The molecule has 2 aromatic carbocycles. The molecule has 1 N–H and O–H groups in total. The normalized spacial score (nSPS) is 12.2. The third-order valence-electron chi connectivity index (χ3n) is 4.55. The van der Waals surface area contributed by atoms with Gasteiger partial charge in [-0.25, -0.2) is 0 Å². The summed E-state index contributed by atoms with van der Waals surface area (Å²) in [7, 11) is 0. The molecule has 7 heteroatoms. The standard InChI is InChI=1S/C24H30Cl2N2O3/c1-17(23(30)27-24(2,3)4)28(16-18-7-9-19(25)10-8-18)22(29)6-5-15-31-21-13-11-20(26)12-14-21/h7-14,17H,5-6,15-16H2,1-4H3,(H,27,30)/t17-/m1/s1. The lowest BCUT2D eigenvalue weighted by molar-refractivity contribution is -0.141. The van der Waals surface area contributed by atoms with Crippen LogP contribution in [0.2, 0.25) is 10.0 Å². The summed E-state index contributed by atoms with van der Waals surface area (Å²) in [5.74, 6) is 0.409. The van der Waals surface area contributed by atoms with Crippen LogP contribution in [-0.2, 0) is 16.1 Å². The zero-order valence-electron chi connectivity index (χ0n) is 18.5. The van der Waals surface area contributed by atoms with E-state index >= 15 is 0 Å². The minimum atomic E-state index is -0.611. The van der Waals surface area contributed by atoms with Gasteiger partial charge in [-0.1, -0.05) is 35.3 Å². The summed E-state index contributed by atoms with van der Waals surface area (Å²) in [5.41, 5.74) is 0.526. The van der Waals surface area contributed by atoms with Crippen molar-refractivity contribution in [1.29, 1.82) is 0 Å². The third kappa shape index (κ3) is 8.80. The summed E-state index contributed by atoms with van der Waals surface area (Å²) >= 11 is 11.8. The Morgan fingerprint density at radius 3 is 2.10 bits per heavy atom. The van der Waals surface area contributed by atoms with Crippen LogP contribution in [0.5, 0.6) is 5.75 Å². The van der Waals surface area contributed by atoms with E-state index in [0.717, 1.165) is 5.56 Å². The first-order valence-electron chi connectivity index (χ1n) is 10.3. The van der Waals surface area contributed by atoms with Crippen molar-refractivity contribution >= 4 is 35.0 Å². The van der Waals surface area contributed by atoms with Crippen LogP contribution in [0.4, 0.5) is 0 Å². The van der Waals surface area contributed by atoms with E-state index in [4.69, 9.17) is 27.9 Å². The summed E-state index contributed by atoms with van der Waals surface area (Å²) in [6.45, 7) is 8.21. The maximum atomic E-state index is 13.0. The van der Waals surface area contributed by atoms with Crippen molar-refractivity contribution in [1.82, 2.24) is 10.2 Å². The molecule has 1 atom stereocenters. The molecule has 0 aromatic heterocycles. The van der Waals surface area contributed by atoms with E-state index in [1.54, 1.807) is 48.2 Å². The van der Waals surface area contributed by atoms with Crippen molar-refractivity contribution in [2.24, 2.45) is 0 Å². The molecule has 168 valence electrons. The zero-order valence-corrected chi connectivity index (χ0v) is 20.0. The van der Waals surface area contributed by atoms with Crippen molar-refractivity contribution < 1.29 is 14.3 Å². The molecule has 0 aliphatic heterocycles. The van der Waals surface area contributed by atoms with Gasteiger partial charge in [0.2, 0.25) is 11.8 Å². The van der Waals surface area contributed by atoms with Crippen LogP contribution in [0.25, 0.3) is 0 Å². The quantitative estimate of drug-likeness (QED) is 0.499. The van der Waals surface area contributed by atoms with Gasteiger partial charge >= 0.3 is 0 Å². The van der Waals surface area contributed by atoms with E-state index in [2.05, 4.69) is 5.32 Å². The highest BCUT2D eigenvalue weighted by Gasteiger charge is 2.28. The Bertz CT molecular complexity index is 862. The molecule has 5 nitrogen and oxygen atoms in total. The van der Waals surface area contributed by atoms with Crippen molar-refractivity contribution in [3.05, 3.63) is 64.1 Å². The minimum absolute atomic E-state index is 0.105. The second-order valence-electron chi connectivity index (χ2n) is 8.47. The van der Waals surface area contributed by atoms with Crippen molar-refractivity contribution in [2.45, 2.75) is 58.7 Å². The number of amides is 2. The number of carbonyl (C=O) groups excluding carboxylic acids is 2. The molecule has 31 heavy (non-hydrogen) atoms. The first-order valence-corrected chi connectivity index (χ1v) is 11.0. The minimum Gasteiger partial charge on any atom is -0.494 e. The van der Waals surface area contributed by atoms with Gasteiger partial charge in [-0.2, -0.15) is 0 Å². The molecule has 0 bridgehead atoms. The van der Waals surface area contributed by atoms with Crippen molar-refractivity contribution in [3.8, 4) is 5.75 Å². The molecule has 0 saturated carbocycles. The van der Waals surface area contributed by atoms with E-state index < -0.39 is 6.04 Å². The lowest BCUT2D eigenvalue weighted by Crippen LogP contribution is -2.52. The van der Waals surface area contributed by atoms with Gasteiger partial charge in [-0.15, -0.1) is 0 Å². The van der Waals surface area contributed by atoms with Gasteiger partial charge in [0, 0.05) is 28.5 Å². The molecule has 0 fully saturated rings. The average molecular weight is 465 g/mol. The highest BCUT2D eigenvalue weighted by molar-refractivity contribution is 6.30. The average Bonchev–Trinajstić information content (AvgIpc) is 2.70. The van der Waals surface area contributed by atoms with Crippen LogP contribution in [0.15, 0.2) is 48.5 Å². The summed E-state index contributed by atoms with van der Waals surface area (Å²) < 4.78 is 5.67. The molecule has 0 heterocycles. The van der Waals surface area contributed by atoms with Crippen LogP contribution in [-0.4, -0.2) is 34.9 Å². The zero-order chi connectivity index (χ0) is 23.0. The molecule has 0 radical (unpaired) electrons. The number of nitrogens with zero attached hydrogens (tertiary/aromatic N) is 1. The summed E-state index contributed by atoms with van der Waals surface area (Å²) in [4.78, 5) is 27.4. The summed E-state index contributed by atoms with van der Waals surface area (Å²) in [5, 5.41) is 4.22. The summed E-state index contributed by atoms with van der Waals surface area (Å²) in [6, 6.07) is 13.8. The van der Waals surface area contributed by atoms with Gasteiger partial charge < -0.3 is 15.0 Å². The fraction of sp³-hybridized carbons (Fsp3) is 0.417. The lowest BCUT2D eigenvalue weighted by atomic mass is 10.1. The van der Waals surface area contributed by atoms with Crippen LogP contribution in [0.3, 0.4) is 0 Å². The molecule has 2 aromatic rings. The Kier molecular flexibility index (Phi) is 9.20. The van der Waals surface area contributed by atoms with Gasteiger partial charge in [0.05, 0.1) is 6.61 Å². The maximum absolute atomic E-state index is 13.0. The fourth-order valence-corrected chi connectivity index (χ4v) is 3.18. The second-order valence-corrected chi connectivity index (χ2v) is 9.34. The van der Waals surface area contributed by atoms with Crippen LogP contribution >= 0.6 is 23.2 Å². The number of hydrogen-bond acceptors (Lipinski definition) is 3. The number of halogens is 2. The SMILES string of the molecule is C[C@H](C(=O)NC(C)(C)C)N(Cc1ccc(Cl)cc1)C(=O)CCCOc1ccc(Cl)cc1. The Morgan fingerprint density at radius 1 is 1.00 bits per heavy atom. The van der Waals surface area contributed by atoms with E-state index in [9.17, 15) is 9.59 Å². The monoisotopic (exact) mass is 464 g/mol. The first-order chi connectivity index (χ1) is 14.5. The predicted molar refractivity (Wildman–Crippen MR) is 126 cm³/mol. The van der Waals surface area contributed by atoms with Crippen LogP contribution in [0.1, 0.15) is 46.1 Å². The molecule has 0 saturated heterocycles. The molecule has 2 rings (SSSR count).